The van der Waals surface area contributed by atoms with Gasteiger partial charge in [0.05, 0.1) is 0 Å². The van der Waals surface area contributed by atoms with Gasteiger partial charge in [0.2, 0.25) is 0 Å². The van der Waals surface area contributed by atoms with Gasteiger partial charge in [0.15, 0.2) is 0 Å². The van der Waals surface area contributed by atoms with Crippen LogP contribution in [-0.2, 0) is 6.54 Å². The number of carbonyl (C=O) groups is 1. The van der Waals surface area contributed by atoms with Gasteiger partial charge in [0.25, 0.3) is 5.91 Å². The first-order valence-corrected chi connectivity index (χ1v) is 8.94. The van der Waals surface area contributed by atoms with E-state index in [1.807, 2.05) is 36.2 Å². The van der Waals surface area contributed by atoms with Gasteiger partial charge in [-0.2, -0.15) is 0 Å². The second-order valence-corrected chi connectivity index (χ2v) is 7.14. The third-order valence-electron chi connectivity index (χ3n) is 5.08. The van der Waals surface area contributed by atoms with Crippen LogP contribution in [0.4, 0.5) is 0 Å². The average molecular weight is 324 g/mol. The number of carbonyl (C=O) groups excluding carboxylic acids is 1. The van der Waals surface area contributed by atoms with Crippen molar-refractivity contribution in [1.82, 2.24) is 19.4 Å². The summed E-state index contributed by atoms with van der Waals surface area (Å²) in [7, 11) is 0. The van der Waals surface area contributed by atoms with Crippen LogP contribution in [0.25, 0.3) is 0 Å². The van der Waals surface area contributed by atoms with Crippen LogP contribution in [0.5, 0.6) is 0 Å². The third-order valence-corrected chi connectivity index (χ3v) is 5.08. The first-order valence-electron chi connectivity index (χ1n) is 8.94. The lowest BCUT2D eigenvalue weighted by Crippen LogP contribution is -2.40. The van der Waals surface area contributed by atoms with Crippen LogP contribution < -0.4 is 0 Å². The molecule has 0 unspecified atom stereocenters. The normalized spacial score (nSPS) is 21.0. The molecule has 1 amide bonds. The topological polar surface area (TPSA) is 51.0 Å². The Hall–Kier alpha value is -2.17. The molecule has 2 aromatic heterocycles. The minimum Gasteiger partial charge on any atom is -0.337 e. The van der Waals surface area contributed by atoms with Gasteiger partial charge in [-0.1, -0.05) is 6.07 Å². The number of likely N-dealkylation sites (tertiary alicyclic amines) is 1. The van der Waals surface area contributed by atoms with Crippen molar-refractivity contribution in [1.29, 1.82) is 0 Å². The van der Waals surface area contributed by atoms with Crippen molar-refractivity contribution in [3.8, 4) is 0 Å². The van der Waals surface area contributed by atoms with E-state index in [-0.39, 0.29) is 5.91 Å². The molecule has 3 heterocycles. The zero-order valence-electron chi connectivity index (χ0n) is 14.2. The minimum atomic E-state index is 0.0451. The molecular weight excluding hydrogens is 300 g/mol. The number of nitrogens with zero attached hydrogens (tertiary/aromatic N) is 4. The molecule has 1 atom stereocenters. The summed E-state index contributed by atoms with van der Waals surface area (Å²) in [6.45, 7) is 4.56. The highest BCUT2D eigenvalue weighted by Crippen LogP contribution is 2.33. The lowest BCUT2D eigenvalue weighted by atomic mass is 9.96. The molecule has 0 bridgehead atoms. The van der Waals surface area contributed by atoms with E-state index >= 15 is 0 Å². The fourth-order valence-electron chi connectivity index (χ4n) is 3.61. The molecule has 1 aliphatic heterocycles. The van der Waals surface area contributed by atoms with Gasteiger partial charge in [0, 0.05) is 43.6 Å². The van der Waals surface area contributed by atoms with E-state index in [4.69, 9.17) is 0 Å². The highest BCUT2D eigenvalue weighted by molar-refractivity contribution is 5.92. The molecule has 4 rings (SSSR count). The summed E-state index contributed by atoms with van der Waals surface area (Å²) in [5.74, 6) is 2.36. The third kappa shape index (κ3) is 3.21. The van der Waals surface area contributed by atoms with Gasteiger partial charge < -0.3 is 9.47 Å². The lowest BCUT2D eigenvalue weighted by Gasteiger charge is -2.32. The number of aromatic nitrogens is 3. The second kappa shape index (κ2) is 6.38. The molecule has 126 valence electrons. The number of piperidine rings is 1. The van der Waals surface area contributed by atoms with Gasteiger partial charge in [-0.3, -0.25) is 4.79 Å². The minimum absolute atomic E-state index is 0.0451. The van der Waals surface area contributed by atoms with E-state index in [0.29, 0.717) is 11.6 Å². The number of imidazole rings is 1. The van der Waals surface area contributed by atoms with Crippen LogP contribution in [0.1, 0.15) is 53.6 Å². The number of hydrogen-bond acceptors (Lipinski definition) is 3. The van der Waals surface area contributed by atoms with Gasteiger partial charge in [-0.15, -0.1) is 0 Å². The summed E-state index contributed by atoms with van der Waals surface area (Å²) >= 11 is 0. The zero-order chi connectivity index (χ0) is 16.5. The maximum absolute atomic E-state index is 12.8. The lowest BCUT2D eigenvalue weighted by molar-refractivity contribution is 0.0697. The SMILES string of the molecule is Cc1cccc(C(=O)N2CCC[C@@H](c3nccn3CC3CC3)C2)n1. The zero-order valence-corrected chi connectivity index (χ0v) is 14.2. The Labute approximate surface area is 142 Å². The molecule has 0 aromatic carbocycles. The standard InChI is InChI=1S/C19H24N4O/c1-14-4-2-6-17(21-14)19(24)23-10-3-5-16(13-23)18-20-9-11-22(18)12-15-7-8-15/h2,4,6,9,11,15-16H,3,5,7-8,10,12-13H2,1H3/t16-/m1/s1. The summed E-state index contributed by atoms with van der Waals surface area (Å²) in [6, 6.07) is 5.64. The highest BCUT2D eigenvalue weighted by Gasteiger charge is 2.30. The molecule has 0 spiro atoms. The molecule has 2 aliphatic rings. The van der Waals surface area contributed by atoms with E-state index in [0.717, 1.165) is 49.9 Å². The Morgan fingerprint density at radius 1 is 1.29 bits per heavy atom. The predicted molar refractivity (Wildman–Crippen MR) is 91.8 cm³/mol. The maximum Gasteiger partial charge on any atom is 0.272 e. The van der Waals surface area contributed by atoms with Crippen LogP contribution in [0.15, 0.2) is 30.6 Å². The first-order chi connectivity index (χ1) is 11.7. The molecule has 5 heteroatoms. The molecule has 0 radical (unpaired) electrons. The van der Waals surface area contributed by atoms with E-state index in [9.17, 15) is 4.79 Å². The van der Waals surface area contributed by atoms with Crippen molar-refractivity contribution in [3.63, 3.8) is 0 Å². The van der Waals surface area contributed by atoms with Crippen molar-refractivity contribution in [2.24, 2.45) is 5.92 Å². The molecule has 2 fully saturated rings. The Bertz CT molecular complexity index is 734. The summed E-state index contributed by atoms with van der Waals surface area (Å²) in [4.78, 5) is 23.7. The predicted octanol–water partition coefficient (Wildman–Crippen LogP) is 3.02. The highest BCUT2D eigenvalue weighted by atomic mass is 16.2. The molecule has 5 nitrogen and oxygen atoms in total. The Balaban J connectivity index is 1.49. The molecular formula is C19H24N4O. The van der Waals surface area contributed by atoms with E-state index in [1.54, 1.807) is 0 Å². The Kier molecular flexibility index (Phi) is 4.08. The number of hydrogen-bond donors (Lipinski definition) is 0. The number of amides is 1. The van der Waals surface area contributed by atoms with Crippen LogP contribution >= 0.6 is 0 Å². The quantitative estimate of drug-likeness (QED) is 0.868. The summed E-state index contributed by atoms with van der Waals surface area (Å²) in [5, 5.41) is 0. The van der Waals surface area contributed by atoms with Crippen LogP contribution in [0.3, 0.4) is 0 Å². The van der Waals surface area contributed by atoms with Gasteiger partial charge in [-0.05, 0) is 50.7 Å². The van der Waals surface area contributed by atoms with Crippen LogP contribution in [0.2, 0.25) is 0 Å². The van der Waals surface area contributed by atoms with Crippen molar-refractivity contribution in [2.75, 3.05) is 13.1 Å². The smallest absolute Gasteiger partial charge is 0.272 e. The van der Waals surface area contributed by atoms with E-state index in [1.165, 1.54) is 12.8 Å². The summed E-state index contributed by atoms with van der Waals surface area (Å²) < 4.78 is 2.31. The molecule has 24 heavy (non-hydrogen) atoms. The second-order valence-electron chi connectivity index (χ2n) is 7.14. The van der Waals surface area contributed by atoms with Gasteiger partial charge in [-0.25, -0.2) is 9.97 Å². The molecule has 1 aliphatic carbocycles. The fourth-order valence-corrected chi connectivity index (χ4v) is 3.61. The largest absolute Gasteiger partial charge is 0.337 e. The maximum atomic E-state index is 12.8. The fraction of sp³-hybridized carbons (Fsp3) is 0.526. The number of pyridine rings is 1. The van der Waals surface area contributed by atoms with E-state index < -0.39 is 0 Å². The molecule has 2 aromatic rings. The van der Waals surface area contributed by atoms with Crippen molar-refractivity contribution >= 4 is 5.91 Å². The number of aryl methyl sites for hydroxylation is 1. The van der Waals surface area contributed by atoms with Crippen LogP contribution in [-0.4, -0.2) is 38.4 Å². The van der Waals surface area contributed by atoms with Gasteiger partial charge in [0.1, 0.15) is 11.5 Å². The van der Waals surface area contributed by atoms with E-state index in [2.05, 4.69) is 20.7 Å². The average Bonchev–Trinajstić information content (AvgIpc) is 3.29. The summed E-state index contributed by atoms with van der Waals surface area (Å²) in [6.07, 6.45) is 8.81. The van der Waals surface area contributed by atoms with Crippen molar-refractivity contribution in [3.05, 3.63) is 47.8 Å². The van der Waals surface area contributed by atoms with Crippen molar-refractivity contribution in [2.45, 2.75) is 45.1 Å². The van der Waals surface area contributed by atoms with Gasteiger partial charge >= 0.3 is 0 Å². The monoisotopic (exact) mass is 324 g/mol. The first kappa shape index (κ1) is 15.4. The number of rotatable bonds is 4. The summed E-state index contributed by atoms with van der Waals surface area (Å²) in [5.41, 5.74) is 1.44. The molecule has 0 N–H and O–H groups in total. The van der Waals surface area contributed by atoms with Crippen molar-refractivity contribution < 1.29 is 4.79 Å². The molecule has 1 saturated carbocycles. The molecule has 1 saturated heterocycles. The Morgan fingerprint density at radius 3 is 2.96 bits per heavy atom. The van der Waals surface area contributed by atoms with Crippen LogP contribution in [0, 0.1) is 12.8 Å². The Morgan fingerprint density at radius 2 is 2.17 bits per heavy atom.